The molecule has 1 heterocycles. The van der Waals surface area contributed by atoms with Crippen LogP contribution in [-0.2, 0) is 12.7 Å². The summed E-state index contributed by atoms with van der Waals surface area (Å²) in [6, 6.07) is 12.8. The normalized spacial score (nSPS) is 12.2. The van der Waals surface area contributed by atoms with Gasteiger partial charge in [-0.1, -0.05) is 18.2 Å². The molecule has 0 aliphatic carbocycles. The van der Waals surface area contributed by atoms with Gasteiger partial charge in [-0.05, 0) is 37.3 Å². The lowest BCUT2D eigenvalue weighted by atomic mass is 10.2. The molecule has 0 bridgehead atoms. The van der Waals surface area contributed by atoms with Gasteiger partial charge < -0.3 is 4.57 Å². The zero-order valence-corrected chi connectivity index (χ0v) is 13.0. The number of rotatable bonds is 4. The SMILES string of the molecule is CCn1cc(/C=N/Nc2ccc(C(F)(F)F)cc2)c2ccccc21. The highest BCUT2D eigenvalue weighted by molar-refractivity contribution is 5.99. The fourth-order valence-corrected chi connectivity index (χ4v) is 2.55. The topological polar surface area (TPSA) is 29.3 Å². The molecule has 0 aliphatic heterocycles. The molecule has 0 aliphatic rings. The number of hydrogen-bond acceptors (Lipinski definition) is 2. The van der Waals surface area contributed by atoms with Crippen molar-refractivity contribution in [2.24, 2.45) is 5.10 Å². The third-order valence-corrected chi connectivity index (χ3v) is 3.77. The molecule has 0 saturated heterocycles. The molecule has 0 amide bonds. The van der Waals surface area contributed by atoms with Crippen molar-refractivity contribution < 1.29 is 13.2 Å². The van der Waals surface area contributed by atoms with Crippen molar-refractivity contribution in [2.45, 2.75) is 19.6 Å². The summed E-state index contributed by atoms with van der Waals surface area (Å²) in [7, 11) is 0. The standard InChI is InChI=1S/C18H16F3N3/c1-2-24-12-13(16-5-3-4-6-17(16)24)11-22-23-15-9-7-14(8-10-15)18(19,20)21/h3-12,23H,2H2,1H3/b22-11+. The molecule has 0 unspecified atom stereocenters. The number of aryl methyl sites for hydroxylation is 1. The number of benzene rings is 2. The van der Waals surface area contributed by atoms with Crippen molar-refractivity contribution in [3.8, 4) is 0 Å². The molecule has 0 fully saturated rings. The van der Waals surface area contributed by atoms with Crippen molar-refractivity contribution in [3.05, 3.63) is 65.9 Å². The highest BCUT2D eigenvalue weighted by atomic mass is 19.4. The molecule has 0 spiro atoms. The van der Waals surface area contributed by atoms with E-state index < -0.39 is 11.7 Å². The Morgan fingerprint density at radius 2 is 1.79 bits per heavy atom. The first kappa shape index (κ1) is 16.1. The van der Waals surface area contributed by atoms with E-state index >= 15 is 0 Å². The monoisotopic (exact) mass is 331 g/mol. The number of hydrogen-bond donors (Lipinski definition) is 1. The highest BCUT2D eigenvalue weighted by Gasteiger charge is 2.29. The Kier molecular flexibility index (Phi) is 4.29. The van der Waals surface area contributed by atoms with Gasteiger partial charge in [0, 0.05) is 29.2 Å². The van der Waals surface area contributed by atoms with Gasteiger partial charge in [0.05, 0.1) is 17.5 Å². The summed E-state index contributed by atoms with van der Waals surface area (Å²) in [6.45, 7) is 2.91. The number of para-hydroxylation sites is 1. The Labute approximate surface area is 137 Å². The fraction of sp³-hybridized carbons (Fsp3) is 0.167. The Morgan fingerprint density at radius 3 is 2.46 bits per heavy atom. The summed E-state index contributed by atoms with van der Waals surface area (Å²) in [6.07, 6.45) is -0.654. The van der Waals surface area contributed by atoms with Crippen molar-refractivity contribution in [3.63, 3.8) is 0 Å². The number of hydrazone groups is 1. The van der Waals surface area contributed by atoms with E-state index in [-0.39, 0.29) is 0 Å². The van der Waals surface area contributed by atoms with Crippen LogP contribution < -0.4 is 5.43 Å². The van der Waals surface area contributed by atoms with E-state index in [9.17, 15) is 13.2 Å². The summed E-state index contributed by atoms with van der Waals surface area (Å²) < 4.78 is 39.7. The van der Waals surface area contributed by atoms with E-state index in [2.05, 4.69) is 22.0 Å². The lowest BCUT2D eigenvalue weighted by Crippen LogP contribution is -2.04. The molecular weight excluding hydrogens is 315 g/mol. The summed E-state index contributed by atoms with van der Waals surface area (Å²) in [5.74, 6) is 0. The van der Waals surface area contributed by atoms with E-state index in [1.807, 2.05) is 30.5 Å². The van der Waals surface area contributed by atoms with Gasteiger partial charge in [-0.15, -0.1) is 0 Å². The molecular formula is C18H16F3N3. The van der Waals surface area contributed by atoms with Crippen molar-refractivity contribution in [1.82, 2.24) is 4.57 Å². The molecule has 1 N–H and O–H groups in total. The predicted octanol–water partition coefficient (Wildman–Crippen LogP) is 5.13. The van der Waals surface area contributed by atoms with Crippen LogP contribution in [0.4, 0.5) is 18.9 Å². The Morgan fingerprint density at radius 1 is 1.08 bits per heavy atom. The van der Waals surface area contributed by atoms with Crippen molar-refractivity contribution in [2.75, 3.05) is 5.43 Å². The first-order valence-corrected chi connectivity index (χ1v) is 7.53. The maximum atomic E-state index is 12.5. The number of fused-ring (bicyclic) bond motifs is 1. The molecule has 3 aromatic rings. The van der Waals surface area contributed by atoms with Crippen LogP contribution >= 0.6 is 0 Å². The van der Waals surface area contributed by atoms with E-state index in [1.54, 1.807) is 6.21 Å². The van der Waals surface area contributed by atoms with Gasteiger partial charge in [-0.3, -0.25) is 5.43 Å². The smallest absolute Gasteiger partial charge is 0.347 e. The van der Waals surface area contributed by atoms with E-state index in [4.69, 9.17) is 0 Å². The van der Waals surface area contributed by atoms with E-state index in [0.717, 1.165) is 35.1 Å². The van der Waals surface area contributed by atoms with Crippen LogP contribution in [0.5, 0.6) is 0 Å². The van der Waals surface area contributed by atoms with Crippen LogP contribution in [0.25, 0.3) is 10.9 Å². The predicted molar refractivity (Wildman–Crippen MR) is 90.3 cm³/mol. The first-order chi connectivity index (χ1) is 11.5. The average molecular weight is 331 g/mol. The summed E-state index contributed by atoms with van der Waals surface area (Å²) in [5.41, 5.74) is 4.65. The Bertz CT molecular complexity index is 861. The number of halogens is 3. The minimum Gasteiger partial charge on any atom is -0.347 e. The van der Waals surface area contributed by atoms with Crippen LogP contribution in [0.15, 0.2) is 59.8 Å². The number of anilines is 1. The lowest BCUT2D eigenvalue weighted by Gasteiger charge is -2.06. The zero-order chi connectivity index (χ0) is 17.2. The number of alkyl halides is 3. The van der Waals surface area contributed by atoms with Gasteiger partial charge >= 0.3 is 6.18 Å². The second-order valence-electron chi connectivity index (χ2n) is 5.33. The molecule has 0 saturated carbocycles. The molecule has 1 aromatic heterocycles. The summed E-state index contributed by atoms with van der Waals surface area (Å²) in [5, 5.41) is 5.21. The molecule has 2 aromatic carbocycles. The largest absolute Gasteiger partial charge is 0.416 e. The van der Waals surface area contributed by atoms with Crippen molar-refractivity contribution in [1.29, 1.82) is 0 Å². The maximum absolute atomic E-state index is 12.5. The van der Waals surface area contributed by atoms with Gasteiger partial charge in [0.15, 0.2) is 0 Å². The fourth-order valence-electron chi connectivity index (χ4n) is 2.55. The van der Waals surface area contributed by atoms with Crippen molar-refractivity contribution >= 4 is 22.8 Å². The molecule has 6 heteroatoms. The number of nitrogens with zero attached hydrogens (tertiary/aromatic N) is 2. The summed E-state index contributed by atoms with van der Waals surface area (Å²) >= 11 is 0. The van der Waals surface area contributed by atoms with Crippen LogP contribution in [0.3, 0.4) is 0 Å². The maximum Gasteiger partial charge on any atom is 0.416 e. The van der Waals surface area contributed by atoms with Crippen LogP contribution in [0.2, 0.25) is 0 Å². The first-order valence-electron chi connectivity index (χ1n) is 7.53. The third kappa shape index (κ3) is 3.27. The molecule has 3 nitrogen and oxygen atoms in total. The molecule has 0 atom stereocenters. The van der Waals surface area contributed by atoms with E-state index in [0.29, 0.717) is 5.69 Å². The second-order valence-corrected chi connectivity index (χ2v) is 5.33. The van der Waals surface area contributed by atoms with Gasteiger partial charge in [0.1, 0.15) is 0 Å². The number of nitrogens with one attached hydrogen (secondary N) is 1. The van der Waals surface area contributed by atoms with Gasteiger partial charge in [-0.2, -0.15) is 18.3 Å². The number of aromatic nitrogens is 1. The highest BCUT2D eigenvalue weighted by Crippen LogP contribution is 2.29. The minimum atomic E-state index is -4.33. The molecule has 3 rings (SSSR count). The van der Waals surface area contributed by atoms with Crippen LogP contribution in [0.1, 0.15) is 18.1 Å². The molecule has 24 heavy (non-hydrogen) atoms. The molecule has 124 valence electrons. The second kappa shape index (κ2) is 6.39. The minimum absolute atomic E-state index is 0.499. The Balaban J connectivity index is 1.77. The molecule has 0 radical (unpaired) electrons. The zero-order valence-electron chi connectivity index (χ0n) is 13.0. The van der Waals surface area contributed by atoms with Crippen LogP contribution in [0, 0.1) is 0 Å². The quantitative estimate of drug-likeness (QED) is 0.521. The third-order valence-electron chi connectivity index (χ3n) is 3.77. The Hall–Kier alpha value is -2.76. The van der Waals surface area contributed by atoms with E-state index in [1.165, 1.54) is 12.1 Å². The van der Waals surface area contributed by atoms with Gasteiger partial charge in [-0.25, -0.2) is 0 Å². The summed E-state index contributed by atoms with van der Waals surface area (Å²) in [4.78, 5) is 0. The average Bonchev–Trinajstić information content (AvgIpc) is 2.93. The lowest BCUT2D eigenvalue weighted by molar-refractivity contribution is -0.137. The van der Waals surface area contributed by atoms with Gasteiger partial charge in [0.25, 0.3) is 0 Å². The van der Waals surface area contributed by atoms with Crippen LogP contribution in [-0.4, -0.2) is 10.8 Å². The van der Waals surface area contributed by atoms with Gasteiger partial charge in [0.2, 0.25) is 0 Å².